The van der Waals surface area contributed by atoms with Crippen LogP contribution in [0.4, 0.5) is 0 Å². The van der Waals surface area contributed by atoms with Crippen LogP contribution in [0.25, 0.3) is 11.1 Å². The van der Waals surface area contributed by atoms with Gasteiger partial charge in [-0.25, -0.2) is 4.79 Å². The van der Waals surface area contributed by atoms with E-state index in [2.05, 4.69) is 26.1 Å². The number of benzene rings is 2. The number of nitrogens with zero attached hydrogens (tertiary/aromatic N) is 1. The summed E-state index contributed by atoms with van der Waals surface area (Å²) in [5, 5.41) is 2.75. The molecule has 0 atom stereocenters. The largest absolute Gasteiger partial charge is 0.492 e. The molecule has 0 aliphatic carbocycles. The minimum Gasteiger partial charge on any atom is -0.492 e. The third-order valence-electron chi connectivity index (χ3n) is 4.29. The average molecular weight is 368 g/mol. The van der Waals surface area contributed by atoms with Crippen molar-refractivity contribution < 1.29 is 13.9 Å². The molecule has 1 aromatic heterocycles. The monoisotopic (exact) mass is 368 g/mol. The summed E-state index contributed by atoms with van der Waals surface area (Å²) in [6.07, 6.45) is 0. The van der Waals surface area contributed by atoms with Gasteiger partial charge in [-0.3, -0.25) is 9.36 Å². The molecular formula is C21H24N2O4. The van der Waals surface area contributed by atoms with Crippen molar-refractivity contribution in [3.8, 4) is 5.75 Å². The normalized spacial score (nSPS) is 11.5. The molecule has 1 amide bonds. The van der Waals surface area contributed by atoms with Crippen LogP contribution in [0.3, 0.4) is 0 Å². The third-order valence-corrected chi connectivity index (χ3v) is 4.29. The first kappa shape index (κ1) is 18.8. The number of oxazole rings is 1. The first-order chi connectivity index (χ1) is 12.8. The average Bonchev–Trinajstić information content (AvgIpc) is 2.94. The van der Waals surface area contributed by atoms with Crippen molar-refractivity contribution in [2.75, 3.05) is 13.2 Å². The van der Waals surface area contributed by atoms with Crippen LogP contribution in [-0.4, -0.2) is 23.6 Å². The molecule has 1 heterocycles. The van der Waals surface area contributed by atoms with Crippen molar-refractivity contribution in [3.63, 3.8) is 0 Å². The van der Waals surface area contributed by atoms with E-state index in [4.69, 9.17) is 9.15 Å². The lowest BCUT2D eigenvalue weighted by atomic mass is 9.87. The van der Waals surface area contributed by atoms with Crippen LogP contribution in [0.2, 0.25) is 0 Å². The van der Waals surface area contributed by atoms with E-state index in [9.17, 15) is 9.59 Å². The van der Waals surface area contributed by atoms with Gasteiger partial charge < -0.3 is 14.5 Å². The number of rotatable bonds is 6. The molecule has 1 N–H and O–H groups in total. The SMILES string of the molecule is CC(C)(C)c1ccc(OCCNC(=O)Cn2c(=O)oc3ccccc32)cc1. The predicted molar refractivity (Wildman–Crippen MR) is 104 cm³/mol. The third kappa shape index (κ3) is 4.58. The van der Waals surface area contributed by atoms with E-state index in [1.165, 1.54) is 10.1 Å². The molecule has 3 aromatic rings. The molecule has 6 nitrogen and oxygen atoms in total. The van der Waals surface area contributed by atoms with Crippen LogP contribution >= 0.6 is 0 Å². The van der Waals surface area contributed by atoms with E-state index in [0.717, 1.165) is 5.75 Å². The van der Waals surface area contributed by atoms with Gasteiger partial charge in [-0.15, -0.1) is 0 Å². The van der Waals surface area contributed by atoms with Gasteiger partial charge in [-0.2, -0.15) is 0 Å². The molecule has 27 heavy (non-hydrogen) atoms. The van der Waals surface area contributed by atoms with Crippen LogP contribution < -0.4 is 15.8 Å². The summed E-state index contributed by atoms with van der Waals surface area (Å²) in [5.41, 5.74) is 2.41. The first-order valence-electron chi connectivity index (χ1n) is 8.93. The Morgan fingerprint density at radius 3 is 2.52 bits per heavy atom. The highest BCUT2D eigenvalue weighted by atomic mass is 16.5. The summed E-state index contributed by atoms with van der Waals surface area (Å²) in [5.74, 6) is -0.0498. The molecular weight excluding hydrogens is 344 g/mol. The van der Waals surface area contributed by atoms with Crippen molar-refractivity contribution in [1.29, 1.82) is 0 Å². The fraction of sp³-hybridized carbons (Fsp3) is 0.333. The molecule has 6 heteroatoms. The van der Waals surface area contributed by atoms with Gasteiger partial charge in [-0.05, 0) is 35.2 Å². The van der Waals surface area contributed by atoms with Crippen molar-refractivity contribution in [2.45, 2.75) is 32.7 Å². The van der Waals surface area contributed by atoms with E-state index in [-0.39, 0.29) is 17.9 Å². The molecule has 0 fully saturated rings. The molecule has 0 saturated carbocycles. The molecule has 3 rings (SSSR count). The second-order valence-electron chi connectivity index (χ2n) is 7.39. The standard InChI is InChI=1S/C21H24N2O4/c1-21(2,3)15-8-10-16(11-9-15)26-13-12-22-19(24)14-23-17-6-4-5-7-18(17)27-20(23)25/h4-11H,12-14H2,1-3H3,(H,22,24). The summed E-state index contributed by atoms with van der Waals surface area (Å²) >= 11 is 0. The van der Waals surface area contributed by atoms with Gasteiger partial charge in [0.05, 0.1) is 12.1 Å². The Balaban J connectivity index is 1.48. The molecule has 0 unspecified atom stereocenters. The number of para-hydroxylation sites is 2. The molecule has 0 aliphatic heterocycles. The van der Waals surface area contributed by atoms with Crippen LogP contribution in [0, 0.1) is 0 Å². The van der Waals surface area contributed by atoms with Gasteiger partial charge in [-0.1, -0.05) is 45.0 Å². The van der Waals surface area contributed by atoms with Gasteiger partial charge in [0.2, 0.25) is 5.91 Å². The Morgan fingerprint density at radius 1 is 1.11 bits per heavy atom. The zero-order chi connectivity index (χ0) is 19.4. The second kappa shape index (κ2) is 7.70. The minimum absolute atomic E-state index is 0.0872. The molecule has 142 valence electrons. The van der Waals surface area contributed by atoms with Gasteiger partial charge in [0, 0.05) is 0 Å². The van der Waals surface area contributed by atoms with Crippen molar-refractivity contribution in [3.05, 3.63) is 64.6 Å². The first-order valence-corrected chi connectivity index (χ1v) is 8.93. The quantitative estimate of drug-likeness (QED) is 0.679. The number of ether oxygens (including phenoxy) is 1. The van der Waals surface area contributed by atoms with E-state index >= 15 is 0 Å². The molecule has 2 aromatic carbocycles. The summed E-state index contributed by atoms with van der Waals surface area (Å²) in [4.78, 5) is 24.0. The number of amides is 1. The number of aromatic nitrogens is 1. The Morgan fingerprint density at radius 2 is 1.81 bits per heavy atom. The molecule has 0 aliphatic rings. The van der Waals surface area contributed by atoms with Crippen molar-refractivity contribution in [2.24, 2.45) is 0 Å². The zero-order valence-corrected chi connectivity index (χ0v) is 15.8. The lowest BCUT2D eigenvalue weighted by molar-refractivity contribution is -0.121. The molecule has 0 spiro atoms. The van der Waals surface area contributed by atoms with Crippen molar-refractivity contribution >= 4 is 17.0 Å². The van der Waals surface area contributed by atoms with Gasteiger partial charge >= 0.3 is 5.76 Å². The Labute approximate surface area is 157 Å². The topological polar surface area (TPSA) is 73.5 Å². The summed E-state index contributed by atoms with van der Waals surface area (Å²) in [6, 6.07) is 15.0. The number of fused-ring (bicyclic) bond motifs is 1. The van der Waals surface area contributed by atoms with Gasteiger partial charge in [0.15, 0.2) is 5.58 Å². The number of hydrogen-bond donors (Lipinski definition) is 1. The maximum absolute atomic E-state index is 12.1. The van der Waals surface area contributed by atoms with E-state index in [1.54, 1.807) is 24.3 Å². The smallest absolute Gasteiger partial charge is 0.420 e. The Hall–Kier alpha value is -3.02. The fourth-order valence-corrected chi connectivity index (χ4v) is 2.77. The van der Waals surface area contributed by atoms with Crippen LogP contribution in [0.1, 0.15) is 26.3 Å². The highest BCUT2D eigenvalue weighted by Gasteiger charge is 2.13. The van der Waals surface area contributed by atoms with Crippen LogP contribution in [0.15, 0.2) is 57.7 Å². The number of carbonyl (C=O) groups excluding carboxylic acids is 1. The summed E-state index contributed by atoms with van der Waals surface area (Å²) in [7, 11) is 0. The minimum atomic E-state index is -0.540. The highest BCUT2D eigenvalue weighted by Crippen LogP contribution is 2.24. The van der Waals surface area contributed by atoms with Gasteiger partial charge in [0.1, 0.15) is 18.9 Å². The lowest BCUT2D eigenvalue weighted by Crippen LogP contribution is -2.33. The summed E-state index contributed by atoms with van der Waals surface area (Å²) < 4.78 is 12.1. The predicted octanol–water partition coefficient (Wildman–Crippen LogP) is 3.09. The van der Waals surface area contributed by atoms with Crippen LogP contribution in [-0.2, 0) is 16.8 Å². The van der Waals surface area contributed by atoms with E-state index < -0.39 is 5.76 Å². The van der Waals surface area contributed by atoms with Crippen LogP contribution in [0.5, 0.6) is 5.75 Å². The highest BCUT2D eigenvalue weighted by molar-refractivity contribution is 5.79. The second-order valence-corrected chi connectivity index (χ2v) is 7.39. The molecule has 0 bridgehead atoms. The maximum Gasteiger partial charge on any atom is 0.420 e. The number of nitrogens with one attached hydrogen (secondary N) is 1. The van der Waals surface area contributed by atoms with Crippen molar-refractivity contribution in [1.82, 2.24) is 9.88 Å². The lowest BCUT2D eigenvalue weighted by Gasteiger charge is -2.19. The van der Waals surface area contributed by atoms with Gasteiger partial charge in [0.25, 0.3) is 0 Å². The molecule has 0 radical (unpaired) electrons. The number of hydrogen-bond acceptors (Lipinski definition) is 4. The fourth-order valence-electron chi connectivity index (χ4n) is 2.77. The van der Waals surface area contributed by atoms with E-state index in [1.807, 2.05) is 24.3 Å². The zero-order valence-electron chi connectivity index (χ0n) is 15.8. The Bertz CT molecular complexity index is 978. The molecule has 0 saturated heterocycles. The number of carbonyl (C=O) groups is 1. The Kier molecular flexibility index (Phi) is 5.35. The summed E-state index contributed by atoms with van der Waals surface area (Å²) in [6.45, 7) is 7.09. The maximum atomic E-state index is 12.1. The van der Waals surface area contributed by atoms with E-state index in [0.29, 0.717) is 24.3 Å².